The van der Waals surface area contributed by atoms with Crippen LogP contribution in [0.25, 0.3) is 0 Å². The minimum atomic E-state index is -0.204. The number of likely N-dealkylation sites (tertiary alicyclic amines) is 1. The Morgan fingerprint density at radius 1 is 1.31 bits per heavy atom. The molecule has 2 rings (SSSR count). The van der Waals surface area contributed by atoms with E-state index in [4.69, 9.17) is 5.73 Å². The number of nitrogen functional groups attached to an aromatic ring is 1. The Hall–Kier alpha value is -1.09. The first-order valence-corrected chi connectivity index (χ1v) is 5.82. The van der Waals surface area contributed by atoms with Gasteiger partial charge in [0.05, 0.1) is 0 Å². The van der Waals surface area contributed by atoms with Crippen LogP contribution in [0.4, 0.5) is 10.1 Å². The molecule has 1 fully saturated rings. The second-order valence-electron chi connectivity index (χ2n) is 4.99. The van der Waals surface area contributed by atoms with Gasteiger partial charge in [-0.15, -0.1) is 0 Å². The van der Waals surface area contributed by atoms with E-state index in [2.05, 4.69) is 18.7 Å². The smallest absolute Gasteiger partial charge is 0.123 e. The minimum Gasteiger partial charge on any atom is -0.398 e. The first-order valence-electron chi connectivity index (χ1n) is 5.82. The molecule has 0 aromatic heterocycles. The number of hydrogen-bond donors (Lipinski definition) is 1. The Bertz CT molecular complexity index is 368. The molecule has 3 heteroatoms. The maximum Gasteiger partial charge on any atom is 0.123 e. The van der Waals surface area contributed by atoms with Crippen molar-refractivity contribution in [2.24, 2.45) is 11.8 Å². The average molecular weight is 222 g/mol. The summed E-state index contributed by atoms with van der Waals surface area (Å²) in [5.74, 6) is 1.23. The van der Waals surface area contributed by atoms with E-state index in [1.807, 2.05) is 0 Å². The van der Waals surface area contributed by atoms with Crippen LogP contribution in [0.15, 0.2) is 18.2 Å². The molecule has 88 valence electrons. The van der Waals surface area contributed by atoms with Crippen LogP contribution in [0, 0.1) is 17.7 Å². The van der Waals surface area contributed by atoms with Gasteiger partial charge in [0.1, 0.15) is 5.82 Å². The summed E-state index contributed by atoms with van der Waals surface area (Å²) in [5, 5.41) is 0. The van der Waals surface area contributed by atoms with Crippen molar-refractivity contribution in [3.05, 3.63) is 29.6 Å². The molecule has 0 saturated carbocycles. The lowest BCUT2D eigenvalue weighted by Crippen LogP contribution is -2.20. The van der Waals surface area contributed by atoms with Crippen LogP contribution in [0.3, 0.4) is 0 Å². The van der Waals surface area contributed by atoms with Gasteiger partial charge in [-0.2, -0.15) is 0 Å². The van der Waals surface area contributed by atoms with E-state index in [1.165, 1.54) is 6.07 Å². The third kappa shape index (κ3) is 2.35. The van der Waals surface area contributed by atoms with Crippen molar-refractivity contribution in [1.29, 1.82) is 0 Å². The highest BCUT2D eigenvalue weighted by atomic mass is 19.1. The third-order valence-corrected chi connectivity index (χ3v) is 3.56. The van der Waals surface area contributed by atoms with Gasteiger partial charge in [0.2, 0.25) is 0 Å². The molecule has 16 heavy (non-hydrogen) atoms. The van der Waals surface area contributed by atoms with Crippen LogP contribution < -0.4 is 5.73 Å². The monoisotopic (exact) mass is 222 g/mol. The molecule has 0 aliphatic carbocycles. The molecule has 2 unspecified atom stereocenters. The summed E-state index contributed by atoms with van der Waals surface area (Å²) < 4.78 is 13.1. The summed E-state index contributed by atoms with van der Waals surface area (Å²) in [4.78, 5) is 2.35. The molecule has 0 amide bonds. The van der Waals surface area contributed by atoms with Crippen molar-refractivity contribution in [2.75, 3.05) is 18.8 Å². The van der Waals surface area contributed by atoms with E-state index >= 15 is 0 Å². The van der Waals surface area contributed by atoms with Crippen molar-refractivity contribution < 1.29 is 4.39 Å². The highest BCUT2D eigenvalue weighted by Crippen LogP contribution is 2.25. The zero-order valence-corrected chi connectivity index (χ0v) is 9.91. The quantitative estimate of drug-likeness (QED) is 0.779. The summed E-state index contributed by atoms with van der Waals surface area (Å²) in [6.07, 6.45) is 0. The predicted molar refractivity (Wildman–Crippen MR) is 64.4 cm³/mol. The highest BCUT2D eigenvalue weighted by Gasteiger charge is 2.26. The fourth-order valence-electron chi connectivity index (χ4n) is 2.33. The Morgan fingerprint density at radius 3 is 2.56 bits per heavy atom. The minimum absolute atomic E-state index is 0.204. The van der Waals surface area contributed by atoms with E-state index in [-0.39, 0.29) is 5.82 Å². The largest absolute Gasteiger partial charge is 0.398 e. The molecule has 0 bridgehead atoms. The van der Waals surface area contributed by atoms with E-state index in [1.54, 1.807) is 12.1 Å². The lowest BCUT2D eigenvalue weighted by Gasteiger charge is -2.16. The highest BCUT2D eigenvalue weighted by molar-refractivity contribution is 5.46. The average Bonchev–Trinajstić information content (AvgIpc) is 2.52. The number of anilines is 1. The van der Waals surface area contributed by atoms with E-state index < -0.39 is 0 Å². The second-order valence-corrected chi connectivity index (χ2v) is 4.99. The Kier molecular flexibility index (Phi) is 3.15. The van der Waals surface area contributed by atoms with Gasteiger partial charge >= 0.3 is 0 Å². The molecule has 1 aromatic carbocycles. The fraction of sp³-hybridized carbons (Fsp3) is 0.538. The van der Waals surface area contributed by atoms with Crippen molar-refractivity contribution >= 4 is 5.69 Å². The van der Waals surface area contributed by atoms with Gasteiger partial charge in [-0.1, -0.05) is 13.8 Å². The van der Waals surface area contributed by atoms with E-state index in [0.29, 0.717) is 5.69 Å². The van der Waals surface area contributed by atoms with Gasteiger partial charge in [-0.3, -0.25) is 4.90 Å². The molecule has 1 aliphatic heterocycles. The predicted octanol–water partition coefficient (Wildman–Crippen LogP) is 2.50. The van der Waals surface area contributed by atoms with Crippen LogP contribution in [-0.4, -0.2) is 18.0 Å². The van der Waals surface area contributed by atoms with E-state index in [9.17, 15) is 4.39 Å². The molecular formula is C13H19FN2. The maximum atomic E-state index is 13.1. The molecule has 1 saturated heterocycles. The molecule has 2 N–H and O–H groups in total. The fourth-order valence-corrected chi connectivity index (χ4v) is 2.33. The van der Waals surface area contributed by atoms with Gasteiger partial charge in [-0.25, -0.2) is 4.39 Å². The number of nitrogens with two attached hydrogens (primary N) is 1. The van der Waals surface area contributed by atoms with Gasteiger partial charge in [0.25, 0.3) is 0 Å². The second kappa shape index (κ2) is 4.42. The van der Waals surface area contributed by atoms with Crippen LogP contribution >= 0.6 is 0 Å². The van der Waals surface area contributed by atoms with Crippen molar-refractivity contribution in [3.63, 3.8) is 0 Å². The number of hydrogen-bond acceptors (Lipinski definition) is 2. The summed E-state index contributed by atoms with van der Waals surface area (Å²) in [6, 6.07) is 4.60. The van der Waals surface area contributed by atoms with Gasteiger partial charge in [0, 0.05) is 25.3 Å². The molecule has 0 radical (unpaired) electrons. The zero-order chi connectivity index (χ0) is 11.7. The normalized spacial score (nSPS) is 26.2. The molecule has 2 atom stereocenters. The Morgan fingerprint density at radius 2 is 1.94 bits per heavy atom. The first-order chi connectivity index (χ1) is 7.56. The summed E-state index contributed by atoms with van der Waals surface area (Å²) in [6.45, 7) is 7.45. The lowest BCUT2D eigenvalue weighted by molar-refractivity contribution is 0.316. The summed E-state index contributed by atoms with van der Waals surface area (Å²) in [7, 11) is 0. The van der Waals surface area contributed by atoms with E-state index in [0.717, 1.165) is 37.0 Å². The SMILES string of the molecule is CC1CN(Cc2cc(F)ccc2N)CC1C. The molecule has 1 aromatic rings. The lowest BCUT2D eigenvalue weighted by atomic mass is 10.0. The summed E-state index contributed by atoms with van der Waals surface area (Å²) in [5.41, 5.74) is 7.44. The number of rotatable bonds is 2. The van der Waals surface area contributed by atoms with Crippen molar-refractivity contribution in [2.45, 2.75) is 20.4 Å². The standard InChI is InChI=1S/C13H19FN2/c1-9-6-16(7-10(9)2)8-11-5-12(14)3-4-13(11)15/h3-5,9-10H,6-8,15H2,1-2H3. The maximum absolute atomic E-state index is 13.1. The van der Waals surface area contributed by atoms with Gasteiger partial charge in [0.15, 0.2) is 0 Å². The Balaban J connectivity index is 2.07. The topological polar surface area (TPSA) is 29.3 Å². The van der Waals surface area contributed by atoms with Crippen LogP contribution in [-0.2, 0) is 6.54 Å². The number of benzene rings is 1. The van der Waals surface area contributed by atoms with Gasteiger partial charge in [-0.05, 0) is 35.6 Å². The number of nitrogens with zero attached hydrogens (tertiary/aromatic N) is 1. The zero-order valence-electron chi connectivity index (χ0n) is 9.91. The molecule has 0 spiro atoms. The van der Waals surface area contributed by atoms with Crippen molar-refractivity contribution in [1.82, 2.24) is 4.90 Å². The molecule has 1 aliphatic rings. The molecule has 1 heterocycles. The number of halogens is 1. The molecular weight excluding hydrogens is 203 g/mol. The van der Waals surface area contributed by atoms with Crippen LogP contribution in [0.5, 0.6) is 0 Å². The van der Waals surface area contributed by atoms with Gasteiger partial charge < -0.3 is 5.73 Å². The summed E-state index contributed by atoms with van der Waals surface area (Å²) >= 11 is 0. The van der Waals surface area contributed by atoms with Crippen LogP contribution in [0.1, 0.15) is 19.4 Å². The third-order valence-electron chi connectivity index (χ3n) is 3.56. The first kappa shape index (κ1) is 11.4. The van der Waals surface area contributed by atoms with Crippen molar-refractivity contribution in [3.8, 4) is 0 Å². The molecule has 2 nitrogen and oxygen atoms in total. The van der Waals surface area contributed by atoms with Crippen LogP contribution in [0.2, 0.25) is 0 Å². The Labute approximate surface area is 96.2 Å².